The fourth-order valence-corrected chi connectivity index (χ4v) is 3.04. The van der Waals surface area contributed by atoms with E-state index in [-0.39, 0.29) is 11.8 Å². The molecule has 2 rings (SSSR count). The molecule has 1 aliphatic rings. The molecule has 1 aromatic heterocycles. The number of rotatable bonds is 3. The van der Waals surface area contributed by atoms with Crippen LogP contribution in [-0.4, -0.2) is 21.8 Å². The fourth-order valence-electron chi connectivity index (χ4n) is 2.28. The summed E-state index contributed by atoms with van der Waals surface area (Å²) in [6.45, 7) is 3.78. The summed E-state index contributed by atoms with van der Waals surface area (Å²) in [6, 6.07) is 0. The summed E-state index contributed by atoms with van der Waals surface area (Å²) in [5, 5.41) is 16.9. The molecule has 98 valence electrons. The molecule has 0 aliphatic heterocycles. The summed E-state index contributed by atoms with van der Waals surface area (Å²) in [5.41, 5.74) is 1.04. The van der Waals surface area contributed by atoms with E-state index >= 15 is 0 Å². The summed E-state index contributed by atoms with van der Waals surface area (Å²) in [6.07, 6.45) is 3.21. The van der Waals surface area contributed by atoms with Gasteiger partial charge in [0.1, 0.15) is 11.4 Å². The number of anilines is 1. The number of carbonyl (C=O) groups excluding carboxylic acids is 1. The zero-order chi connectivity index (χ0) is 13.1. The van der Waals surface area contributed by atoms with E-state index in [9.17, 15) is 4.79 Å². The average molecular weight is 267 g/mol. The Hall–Kier alpha value is -1.43. The molecule has 1 heterocycles. The second-order valence-electron chi connectivity index (χ2n) is 4.73. The molecule has 0 aromatic carbocycles. The van der Waals surface area contributed by atoms with Crippen LogP contribution < -0.4 is 5.32 Å². The molecule has 0 radical (unpaired) electrons. The lowest BCUT2D eigenvalue weighted by atomic mass is 9.97. The molecule has 0 saturated heterocycles. The Morgan fingerprint density at radius 1 is 1.61 bits per heavy atom. The van der Waals surface area contributed by atoms with Crippen molar-refractivity contribution in [2.75, 3.05) is 5.32 Å². The van der Waals surface area contributed by atoms with Gasteiger partial charge in [-0.15, -0.1) is 11.3 Å². The molecule has 1 amide bonds. The Balaban J connectivity index is 2.01. The number of aromatic nitrogens is 1. The molecule has 1 aromatic rings. The number of thiazole rings is 1. The predicted octanol–water partition coefficient (Wildman–Crippen LogP) is 2.72. The Bertz CT molecular complexity index is 470. The zero-order valence-electron chi connectivity index (χ0n) is 10.5. The van der Waals surface area contributed by atoms with Gasteiger partial charge >= 0.3 is 0 Å². The van der Waals surface area contributed by atoms with Gasteiger partial charge in [-0.25, -0.2) is 4.98 Å². The van der Waals surface area contributed by atoms with E-state index in [1.165, 1.54) is 11.3 Å². The van der Waals surface area contributed by atoms with Gasteiger partial charge in [0.2, 0.25) is 5.91 Å². The number of carbonyl (C=O) groups is 1. The molecular weight excluding hydrogens is 250 g/mol. The largest absolute Gasteiger partial charge is 0.411 e. The number of nitrogens with zero attached hydrogens (tertiary/aromatic N) is 2. The van der Waals surface area contributed by atoms with Crippen molar-refractivity contribution in [2.24, 2.45) is 17.0 Å². The highest BCUT2D eigenvalue weighted by atomic mass is 32.1. The molecule has 6 heteroatoms. The van der Waals surface area contributed by atoms with Gasteiger partial charge in [0.25, 0.3) is 0 Å². The van der Waals surface area contributed by atoms with Gasteiger partial charge < -0.3 is 10.5 Å². The molecule has 0 bridgehead atoms. The van der Waals surface area contributed by atoms with Gasteiger partial charge in [-0.3, -0.25) is 4.79 Å². The molecule has 1 saturated carbocycles. The van der Waals surface area contributed by atoms with Crippen molar-refractivity contribution >= 4 is 28.1 Å². The third kappa shape index (κ3) is 2.69. The van der Waals surface area contributed by atoms with Crippen LogP contribution in [-0.2, 0) is 4.79 Å². The first kappa shape index (κ1) is 13.0. The maximum absolute atomic E-state index is 12.0. The van der Waals surface area contributed by atoms with E-state index in [4.69, 9.17) is 5.21 Å². The molecule has 18 heavy (non-hydrogen) atoms. The molecule has 2 atom stereocenters. The van der Waals surface area contributed by atoms with Crippen molar-refractivity contribution in [3.05, 3.63) is 11.1 Å². The zero-order valence-corrected chi connectivity index (χ0v) is 11.3. The van der Waals surface area contributed by atoms with Gasteiger partial charge in [0, 0.05) is 11.3 Å². The van der Waals surface area contributed by atoms with Crippen LogP contribution in [0.4, 0.5) is 5.13 Å². The number of hydrogen-bond donors (Lipinski definition) is 2. The van der Waals surface area contributed by atoms with Gasteiger partial charge in [0.15, 0.2) is 5.13 Å². The second-order valence-corrected chi connectivity index (χ2v) is 5.59. The Labute approximate surface area is 110 Å². The normalized spacial score (nSPS) is 24.2. The minimum absolute atomic E-state index is 0.0551. The maximum atomic E-state index is 12.0. The highest BCUT2D eigenvalue weighted by Gasteiger charge is 2.30. The highest BCUT2D eigenvalue weighted by molar-refractivity contribution is 7.14. The monoisotopic (exact) mass is 267 g/mol. The minimum Gasteiger partial charge on any atom is -0.411 e. The van der Waals surface area contributed by atoms with Crippen LogP contribution in [0.3, 0.4) is 0 Å². The molecule has 2 unspecified atom stereocenters. The third-order valence-electron chi connectivity index (χ3n) is 3.45. The van der Waals surface area contributed by atoms with Crippen molar-refractivity contribution in [3.63, 3.8) is 0 Å². The fraction of sp³-hybridized carbons (Fsp3) is 0.583. The Kier molecular flexibility index (Phi) is 3.96. The highest BCUT2D eigenvalue weighted by Crippen LogP contribution is 2.32. The second kappa shape index (κ2) is 5.48. The van der Waals surface area contributed by atoms with Crippen LogP contribution in [0.2, 0.25) is 0 Å². The van der Waals surface area contributed by atoms with Crippen LogP contribution in [0.5, 0.6) is 0 Å². The van der Waals surface area contributed by atoms with E-state index in [1.54, 1.807) is 12.3 Å². The van der Waals surface area contributed by atoms with Crippen molar-refractivity contribution < 1.29 is 10.0 Å². The lowest BCUT2D eigenvalue weighted by Crippen LogP contribution is -2.24. The van der Waals surface area contributed by atoms with E-state index in [1.807, 2.05) is 0 Å². The van der Waals surface area contributed by atoms with Crippen LogP contribution in [0.25, 0.3) is 0 Å². The van der Waals surface area contributed by atoms with Crippen LogP contribution in [0, 0.1) is 11.8 Å². The minimum atomic E-state index is 0.0551. The van der Waals surface area contributed by atoms with Crippen molar-refractivity contribution in [3.8, 4) is 0 Å². The van der Waals surface area contributed by atoms with E-state index in [0.29, 0.717) is 22.5 Å². The van der Waals surface area contributed by atoms with Gasteiger partial charge in [-0.05, 0) is 25.7 Å². The maximum Gasteiger partial charge on any atom is 0.229 e. The smallest absolute Gasteiger partial charge is 0.229 e. The van der Waals surface area contributed by atoms with Gasteiger partial charge in [0.05, 0.1) is 0 Å². The summed E-state index contributed by atoms with van der Waals surface area (Å²) in [5.74, 6) is 0.606. The lowest BCUT2D eigenvalue weighted by Gasteiger charge is -2.13. The predicted molar refractivity (Wildman–Crippen MR) is 71.2 cm³/mol. The third-order valence-corrected chi connectivity index (χ3v) is 4.21. The summed E-state index contributed by atoms with van der Waals surface area (Å²) >= 11 is 1.35. The summed E-state index contributed by atoms with van der Waals surface area (Å²) in [4.78, 5) is 16.3. The van der Waals surface area contributed by atoms with Crippen molar-refractivity contribution in [2.45, 2.75) is 33.1 Å². The Morgan fingerprint density at radius 2 is 2.39 bits per heavy atom. The van der Waals surface area contributed by atoms with Crippen molar-refractivity contribution in [1.82, 2.24) is 4.98 Å². The average Bonchev–Trinajstić information content (AvgIpc) is 2.97. The summed E-state index contributed by atoms with van der Waals surface area (Å²) < 4.78 is 0. The number of nitrogens with one attached hydrogen (secondary N) is 1. The van der Waals surface area contributed by atoms with Crippen LogP contribution in [0.1, 0.15) is 38.8 Å². The van der Waals surface area contributed by atoms with Crippen LogP contribution >= 0.6 is 11.3 Å². The van der Waals surface area contributed by atoms with Crippen LogP contribution in [0.15, 0.2) is 10.5 Å². The van der Waals surface area contributed by atoms with E-state index in [0.717, 1.165) is 19.3 Å². The molecular formula is C12H17N3O2S. The first-order valence-electron chi connectivity index (χ1n) is 6.07. The first-order valence-corrected chi connectivity index (χ1v) is 6.95. The lowest BCUT2D eigenvalue weighted by molar-refractivity contribution is -0.120. The number of amides is 1. The molecule has 2 N–H and O–H groups in total. The number of oxime groups is 1. The molecule has 5 nitrogen and oxygen atoms in total. The van der Waals surface area contributed by atoms with E-state index < -0.39 is 0 Å². The molecule has 1 fully saturated rings. The van der Waals surface area contributed by atoms with Gasteiger partial charge in [-0.1, -0.05) is 18.5 Å². The number of hydrogen-bond acceptors (Lipinski definition) is 5. The topological polar surface area (TPSA) is 74.6 Å². The molecule has 1 aliphatic carbocycles. The quantitative estimate of drug-likeness (QED) is 0.502. The van der Waals surface area contributed by atoms with E-state index in [2.05, 4.69) is 22.4 Å². The SMILES string of the molecule is CC(=NO)c1csc(NC(=O)C2CCCC2C)n1. The Morgan fingerprint density at radius 3 is 3.00 bits per heavy atom. The van der Waals surface area contributed by atoms with Gasteiger partial charge in [-0.2, -0.15) is 0 Å². The summed E-state index contributed by atoms with van der Waals surface area (Å²) in [7, 11) is 0. The first-order chi connectivity index (χ1) is 8.61. The van der Waals surface area contributed by atoms with Crippen molar-refractivity contribution in [1.29, 1.82) is 0 Å². The molecule has 0 spiro atoms. The standard InChI is InChI=1S/C12H17N3O2S/c1-7-4-3-5-9(7)11(16)14-12-13-10(6-18-12)8(2)15-17/h6-7,9,17H,3-5H2,1-2H3,(H,13,14,16).